The van der Waals surface area contributed by atoms with E-state index in [4.69, 9.17) is 11.6 Å². The number of carboxylic acid groups (broad SMARTS) is 1. The molecule has 1 amide bonds. The van der Waals surface area contributed by atoms with Gasteiger partial charge in [0.1, 0.15) is 6.04 Å². The van der Waals surface area contributed by atoms with Gasteiger partial charge in [-0.25, -0.2) is 9.48 Å². The van der Waals surface area contributed by atoms with Gasteiger partial charge >= 0.3 is 5.97 Å². The molecule has 1 aliphatic heterocycles. The van der Waals surface area contributed by atoms with Crippen molar-refractivity contribution >= 4 is 23.5 Å². The van der Waals surface area contributed by atoms with Gasteiger partial charge in [0.25, 0.3) is 5.91 Å². The minimum Gasteiger partial charge on any atom is -0.480 e. The summed E-state index contributed by atoms with van der Waals surface area (Å²) in [5, 5.41) is 14.2. The molecule has 120 valence electrons. The zero-order valence-electron chi connectivity index (χ0n) is 12.4. The van der Waals surface area contributed by atoms with Crippen molar-refractivity contribution in [1.82, 2.24) is 14.7 Å². The molecule has 1 unspecified atom stereocenters. The number of carboxylic acids is 1. The molecular weight excluding hydrogens is 318 g/mol. The lowest BCUT2D eigenvalue weighted by Crippen LogP contribution is -2.48. The van der Waals surface area contributed by atoms with Crippen LogP contribution in [0.2, 0.25) is 5.02 Å². The molecule has 1 atom stereocenters. The molecule has 1 aromatic heterocycles. The highest BCUT2D eigenvalue weighted by molar-refractivity contribution is 6.30. The number of aliphatic carboxylic acids is 1. The van der Waals surface area contributed by atoms with Crippen LogP contribution < -0.4 is 0 Å². The molecule has 23 heavy (non-hydrogen) atoms. The Morgan fingerprint density at radius 1 is 1.17 bits per heavy atom. The summed E-state index contributed by atoms with van der Waals surface area (Å²) in [5.74, 6) is -1.31. The van der Waals surface area contributed by atoms with E-state index in [1.54, 1.807) is 41.2 Å². The van der Waals surface area contributed by atoms with Gasteiger partial charge in [-0.15, -0.1) is 0 Å². The minimum atomic E-state index is -0.963. The first-order chi connectivity index (χ1) is 11.1. The summed E-state index contributed by atoms with van der Waals surface area (Å²) in [4.78, 5) is 25.3. The van der Waals surface area contributed by atoms with Gasteiger partial charge in [-0.3, -0.25) is 4.79 Å². The second-order valence-corrected chi connectivity index (χ2v) is 5.91. The van der Waals surface area contributed by atoms with E-state index in [0.717, 1.165) is 18.5 Å². The number of piperidine rings is 1. The van der Waals surface area contributed by atoms with Crippen LogP contribution in [0.5, 0.6) is 0 Å². The summed E-state index contributed by atoms with van der Waals surface area (Å²) in [7, 11) is 0. The first-order valence-corrected chi connectivity index (χ1v) is 7.79. The normalized spacial score (nSPS) is 18.0. The average molecular weight is 334 g/mol. The van der Waals surface area contributed by atoms with Gasteiger partial charge in [0, 0.05) is 17.8 Å². The number of rotatable bonds is 3. The second kappa shape index (κ2) is 6.42. The van der Waals surface area contributed by atoms with Crippen molar-refractivity contribution in [1.29, 1.82) is 0 Å². The highest BCUT2D eigenvalue weighted by Gasteiger charge is 2.33. The van der Waals surface area contributed by atoms with E-state index >= 15 is 0 Å². The molecule has 1 fully saturated rings. The van der Waals surface area contributed by atoms with Crippen LogP contribution in [0.25, 0.3) is 5.69 Å². The van der Waals surface area contributed by atoms with Crippen molar-refractivity contribution in [3.05, 3.63) is 47.2 Å². The number of aromatic nitrogens is 2. The molecule has 3 rings (SSSR count). The van der Waals surface area contributed by atoms with E-state index in [9.17, 15) is 14.7 Å². The maximum absolute atomic E-state index is 12.6. The molecule has 1 aromatic carbocycles. The summed E-state index contributed by atoms with van der Waals surface area (Å²) in [6.45, 7) is 0.448. The molecule has 2 heterocycles. The molecule has 0 bridgehead atoms. The van der Waals surface area contributed by atoms with Crippen molar-refractivity contribution < 1.29 is 14.7 Å². The maximum Gasteiger partial charge on any atom is 0.326 e. The quantitative estimate of drug-likeness (QED) is 0.936. The van der Waals surface area contributed by atoms with Crippen LogP contribution >= 0.6 is 11.6 Å². The topological polar surface area (TPSA) is 75.4 Å². The Bertz CT molecular complexity index is 726. The SMILES string of the molecule is O=C(O)C1CCCCN1C(=O)c1ccn(-c2ccc(Cl)cc2)n1. The maximum atomic E-state index is 12.6. The third-order valence-electron chi connectivity index (χ3n) is 3.95. The van der Waals surface area contributed by atoms with Crippen molar-refractivity contribution in [2.75, 3.05) is 6.54 Å². The Labute approximate surface area is 138 Å². The Hall–Kier alpha value is -2.34. The van der Waals surface area contributed by atoms with E-state index in [-0.39, 0.29) is 11.6 Å². The van der Waals surface area contributed by atoms with Gasteiger partial charge in [0.2, 0.25) is 0 Å². The van der Waals surface area contributed by atoms with Gasteiger partial charge in [-0.05, 0) is 49.6 Å². The fourth-order valence-electron chi connectivity index (χ4n) is 2.75. The summed E-state index contributed by atoms with van der Waals surface area (Å²) >= 11 is 5.86. The predicted octanol–water partition coefficient (Wildman–Crippen LogP) is 2.61. The minimum absolute atomic E-state index is 0.244. The number of halogens is 1. The molecule has 1 aliphatic rings. The largest absolute Gasteiger partial charge is 0.480 e. The summed E-state index contributed by atoms with van der Waals surface area (Å²) in [6, 6.07) is 7.91. The lowest BCUT2D eigenvalue weighted by molar-refractivity contribution is -0.143. The van der Waals surface area contributed by atoms with Gasteiger partial charge in [-0.1, -0.05) is 11.6 Å². The first-order valence-electron chi connectivity index (χ1n) is 7.41. The summed E-state index contributed by atoms with van der Waals surface area (Å²) in [6.07, 6.45) is 3.79. The van der Waals surface area contributed by atoms with Crippen LogP contribution in [0.15, 0.2) is 36.5 Å². The lowest BCUT2D eigenvalue weighted by Gasteiger charge is -2.32. The van der Waals surface area contributed by atoms with E-state index in [1.807, 2.05) is 0 Å². The monoisotopic (exact) mass is 333 g/mol. The zero-order chi connectivity index (χ0) is 16.4. The second-order valence-electron chi connectivity index (χ2n) is 5.47. The fraction of sp³-hybridized carbons (Fsp3) is 0.312. The Balaban J connectivity index is 1.83. The van der Waals surface area contributed by atoms with Crippen LogP contribution in [0.1, 0.15) is 29.8 Å². The third kappa shape index (κ3) is 3.22. The van der Waals surface area contributed by atoms with Crippen molar-refractivity contribution in [3.8, 4) is 5.69 Å². The molecule has 1 saturated heterocycles. The van der Waals surface area contributed by atoms with E-state index in [1.165, 1.54) is 4.90 Å². The van der Waals surface area contributed by atoms with Gasteiger partial charge in [0.15, 0.2) is 5.69 Å². The Kier molecular flexibility index (Phi) is 4.34. The van der Waals surface area contributed by atoms with Gasteiger partial charge in [0.05, 0.1) is 5.69 Å². The molecule has 0 radical (unpaired) electrons. The number of likely N-dealkylation sites (tertiary alicyclic amines) is 1. The molecule has 1 N–H and O–H groups in total. The van der Waals surface area contributed by atoms with Crippen LogP contribution in [-0.4, -0.2) is 44.3 Å². The summed E-state index contributed by atoms with van der Waals surface area (Å²) in [5.41, 5.74) is 1.02. The van der Waals surface area contributed by atoms with Crippen molar-refractivity contribution in [3.63, 3.8) is 0 Å². The number of nitrogens with zero attached hydrogens (tertiary/aromatic N) is 3. The lowest BCUT2D eigenvalue weighted by atomic mass is 10.0. The number of benzene rings is 1. The van der Waals surface area contributed by atoms with Gasteiger partial charge < -0.3 is 10.0 Å². The Morgan fingerprint density at radius 3 is 2.61 bits per heavy atom. The Morgan fingerprint density at radius 2 is 1.91 bits per heavy atom. The number of hydrogen-bond acceptors (Lipinski definition) is 3. The predicted molar refractivity (Wildman–Crippen MR) is 84.9 cm³/mol. The number of hydrogen-bond donors (Lipinski definition) is 1. The smallest absolute Gasteiger partial charge is 0.326 e. The third-order valence-corrected chi connectivity index (χ3v) is 4.20. The number of carbonyl (C=O) groups is 2. The average Bonchev–Trinajstić information content (AvgIpc) is 3.04. The molecule has 2 aromatic rings. The van der Waals surface area contributed by atoms with Crippen LogP contribution in [0.3, 0.4) is 0 Å². The summed E-state index contributed by atoms with van der Waals surface area (Å²) < 4.78 is 1.57. The van der Waals surface area contributed by atoms with Gasteiger partial charge in [-0.2, -0.15) is 5.10 Å². The number of carbonyl (C=O) groups excluding carboxylic acids is 1. The molecular formula is C16H16ClN3O3. The van der Waals surface area contributed by atoms with Crippen LogP contribution in [-0.2, 0) is 4.79 Å². The van der Waals surface area contributed by atoms with Crippen LogP contribution in [0, 0.1) is 0 Å². The fourth-order valence-corrected chi connectivity index (χ4v) is 2.88. The molecule has 7 heteroatoms. The molecule has 0 saturated carbocycles. The van der Waals surface area contributed by atoms with E-state index < -0.39 is 12.0 Å². The molecule has 0 aliphatic carbocycles. The van der Waals surface area contributed by atoms with Crippen LogP contribution in [0.4, 0.5) is 0 Å². The standard InChI is InChI=1S/C16H16ClN3O3/c17-11-4-6-12(7-5-11)20-10-8-13(18-20)15(21)19-9-2-1-3-14(19)16(22)23/h4-8,10,14H,1-3,9H2,(H,22,23). The highest BCUT2D eigenvalue weighted by Crippen LogP contribution is 2.20. The molecule has 6 nitrogen and oxygen atoms in total. The first kappa shape index (κ1) is 15.6. The van der Waals surface area contributed by atoms with E-state index in [0.29, 0.717) is 18.0 Å². The molecule has 0 spiro atoms. The highest BCUT2D eigenvalue weighted by atomic mass is 35.5. The van der Waals surface area contributed by atoms with E-state index in [2.05, 4.69) is 5.10 Å². The van der Waals surface area contributed by atoms with Crippen molar-refractivity contribution in [2.45, 2.75) is 25.3 Å². The zero-order valence-corrected chi connectivity index (χ0v) is 13.1. The number of amides is 1. The van der Waals surface area contributed by atoms with Crippen molar-refractivity contribution in [2.24, 2.45) is 0 Å².